The molecule has 0 saturated carbocycles. The molecular weight excluding hydrogens is 263 g/mol. The maximum absolute atomic E-state index is 13.4. The van der Waals surface area contributed by atoms with Crippen LogP contribution in [0.3, 0.4) is 0 Å². The SMILES string of the molecule is COCC(CCO)NC(=O)c1ccc(F)c(F)c1F. The van der Waals surface area contributed by atoms with Gasteiger partial charge >= 0.3 is 0 Å². The maximum Gasteiger partial charge on any atom is 0.254 e. The van der Waals surface area contributed by atoms with Gasteiger partial charge in [-0.2, -0.15) is 0 Å². The number of halogens is 3. The van der Waals surface area contributed by atoms with Crippen LogP contribution in [0.25, 0.3) is 0 Å². The molecule has 0 aromatic heterocycles. The number of hydrogen-bond acceptors (Lipinski definition) is 3. The van der Waals surface area contributed by atoms with E-state index in [9.17, 15) is 18.0 Å². The maximum atomic E-state index is 13.4. The molecule has 0 fully saturated rings. The minimum absolute atomic E-state index is 0.109. The summed E-state index contributed by atoms with van der Waals surface area (Å²) in [5.74, 6) is -5.50. The molecule has 1 aromatic carbocycles. The molecular formula is C12H14F3NO3. The van der Waals surface area contributed by atoms with Gasteiger partial charge in [-0.1, -0.05) is 0 Å². The molecule has 0 saturated heterocycles. The number of ether oxygens (including phenoxy) is 1. The minimum atomic E-state index is -1.70. The normalized spacial score (nSPS) is 12.3. The predicted octanol–water partition coefficient (Wildman–Crippen LogP) is 1.23. The van der Waals surface area contributed by atoms with E-state index in [0.29, 0.717) is 6.07 Å². The summed E-state index contributed by atoms with van der Waals surface area (Å²) in [4.78, 5) is 11.7. The van der Waals surface area contributed by atoms with Gasteiger partial charge in [0.05, 0.1) is 18.2 Å². The van der Waals surface area contributed by atoms with E-state index in [0.717, 1.165) is 6.07 Å². The summed E-state index contributed by atoms with van der Waals surface area (Å²) in [5, 5.41) is 11.2. The molecule has 1 unspecified atom stereocenters. The quantitative estimate of drug-likeness (QED) is 0.769. The number of rotatable bonds is 6. The highest BCUT2D eigenvalue weighted by atomic mass is 19.2. The second kappa shape index (κ2) is 7.10. The van der Waals surface area contributed by atoms with E-state index in [1.165, 1.54) is 7.11 Å². The highest BCUT2D eigenvalue weighted by Crippen LogP contribution is 2.15. The lowest BCUT2D eigenvalue weighted by Crippen LogP contribution is -2.39. The van der Waals surface area contributed by atoms with Crippen LogP contribution >= 0.6 is 0 Å². The van der Waals surface area contributed by atoms with Crippen molar-refractivity contribution in [3.8, 4) is 0 Å². The van der Waals surface area contributed by atoms with Crippen LogP contribution in [0, 0.1) is 17.5 Å². The Morgan fingerprint density at radius 2 is 2.05 bits per heavy atom. The summed E-state index contributed by atoms with van der Waals surface area (Å²) in [6, 6.07) is 0.978. The van der Waals surface area contributed by atoms with Crippen LogP contribution in [-0.4, -0.2) is 37.4 Å². The monoisotopic (exact) mass is 277 g/mol. The van der Waals surface area contributed by atoms with Crippen molar-refractivity contribution >= 4 is 5.91 Å². The first-order valence-electron chi connectivity index (χ1n) is 5.55. The molecule has 0 aliphatic rings. The second-order valence-corrected chi connectivity index (χ2v) is 3.86. The van der Waals surface area contributed by atoms with Gasteiger partial charge in [0.1, 0.15) is 0 Å². The lowest BCUT2D eigenvalue weighted by molar-refractivity contribution is 0.0873. The van der Waals surface area contributed by atoms with Crippen LogP contribution in [0.2, 0.25) is 0 Å². The average molecular weight is 277 g/mol. The third kappa shape index (κ3) is 3.93. The van der Waals surface area contributed by atoms with E-state index >= 15 is 0 Å². The van der Waals surface area contributed by atoms with Crippen molar-refractivity contribution in [1.29, 1.82) is 0 Å². The van der Waals surface area contributed by atoms with Gasteiger partial charge in [-0.3, -0.25) is 4.79 Å². The van der Waals surface area contributed by atoms with Crippen molar-refractivity contribution in [3.63, 3.8) is 0 Å². The van der Waals surface area contributed by atoms with Crippen molar-refractivity contribution < 1.29 is 27.8 Å². The van der Waals surface area contributed by atoms with Crippen LogP contribution in [-0.2, 0) is 4.74 Å². The zero-order chi connectivity index (χ0) is 14.4. The van der Waals surface area contributed by atoms with Gasteiger partial charge in [0.15, 0.2) is 17.5 Å². The zero-order valence-electron chi connectivity index (χ0n) is 10.3. The number of benzene rings is 1. The fourth-order valence-corrected chi connectivity index (χ4v) is 1.52. The van der Waals surface area contributed by atoms with E-state index in [2.05, 4.69) is 5.32 Å². The molecule has 7 heteroatoms. The molecule has 1 aromatic rings. The second-order valence-electron chi connectivity index (χ2n) is 3.86. The summed E-state index contributed by atoms with van der Waals surface area (Å²) in [6.07, 6.45) is 0.199. The molecule has 0 spiro atoms. The van der Waals surface area contributed by atoms with Gasteiger partial charge in [-0.05, 0) is 18.6 Å². The van der Waals surface area contributed by atoms with Crippen LogP contribution in [0.15, 0.2) is 12.1 Å². The Balaban J connectivity index is 2.85. The Morgan fingerprint density at radius 1 is 1.37 bits per heavy atom. The molecule has 106 valence electrons. The number of carbonyl (C=O) groups excluding carboxylic acids is 1. The van der Waals surface area contributed by atoms with Gasteiger partial charge in [0, 0.05) is 13.7 Å². The fourth-order valence-electron chi connectivity index (χ4n) is 1.52. The van der Waals surface area contributed by atoms with E-state index < -0.39 is 35.0 Å². The summed E-state index contributed by atoms with van der Waals surface area (Å²) >= 11 is 0. The summed E-state index contributed by atoms with van der Waals surface area (Å²) in [6.45, 7) is -0.0911. The number of methoxy groups -OCH3 is 1. The number of hydrogen-bond donors (Lipinski definition) is 2. The van der Waals surface area contributed by atoms with E-state index in [1.807, 2.05) is 0 Å². The molecule has 1 amide bonds. The number of aliphatic hydroxyl groups is 1. The molecule has 0 bridgehead atoms. The van der Waals surface area contributed by atoms with Crippen molar-refractivity contribution in [2.45, 2.75) is 12.5 Å². The third-order valence-corrected chi connectivity index (χ3v) is 2.46. The Labute approximate surface area is 108 Å². The summed E-state index contributed by atoms with van der Waals surface area (Å²) < 4.78 is 43.9. The van der Waals surface area contributed by atoms with Crippen LogP contribution in [0.4, 0.5) is 13.2 Å². The Morgan fingerprint density at radius 3 is 2.63 bits per heavy atom. The number of aliphatic hydroxyl groups excluding tert-OH is 1. The molecule has 2 N–H and O–H groups in total. The van der Waals surface area contributed by atoms with Gasteiger partial charge in [0.2, 0.25) is 0 Å². The molecule has 4 nitrogen and oxygen atoms in total. The van der Waals surface area contributed by atoms with Crippen molar-refractivity contribution in [3.05, 3.63) is 35.1 Å². The van der Waals surface area contributed by atoms with Crippen LogP contribution in [0.1, 0.15) is 16.8 Å². The van der Waals surface area contributed by atoms with Crippen molar-refractivity contribution in [1.82, 2.24) is 5.32 Å². The summed E-state index contributed by atoms with van der Waals surface area (Å²) in [5.41, 5.74) is -0.599. The van der Waals surface area contributed by atoms with Crippen LogP contribution in [0.5, 0.6) is 0 Å². The highest BCUT2D eigenvalue weighted by Gasteiger charge is 2.20. The van der Waals surface area contributed by atoms with E-state index in [4.69, 9.17) is 9.84 Å². The standard InChI is InChI=1S/C12H14F3NO3/c1-19-6-7(4-5-17)16-12(18)8-2-3-9(13)11(15)10(8)14/h2-3,7,17H,4-6H2,1H3,(H,16,18). The lowest BCUT2D eigenvalue weighted by atomic mass is 10.1. The van der Waals surface area contributed by atoms with Gasteiger partial charge < -0.3 is 15.2 Å². The Bertz CT molecular complexity index is 448. The molecule has 19 heavy (non-hydrogen) atoms. The first kappa shape index (κ1) is 15.5. The smallest absolute Gasteiger partial charge is 0.254 e. The van der Waals surface area contributed by atoms with Gasteiger partial charge in [-0.25, -0.2) is 13.2 Å². The largest absolute Gasteiger partial charge is 0.396 e. The van der Waals surface area contributed by atoms with E-state index in [1.54, 1.807) is 0 Å². The van der Waals surface area contributed by atoms with E-state index in [-0.39, 0.29) is 19.6 Å². The predicted molar refractivity (Wildman–Crippen MR) is 61.1 cm³/mol. The lowest BCUT2D eigenvalue weighted by Gasteiger charge is -2.17. The summed E-state index contributed by atoms with van der Waals surface area (Å²) in [7, 11) is 1.40. The Hall–Kier alpha value is -1.60. The average Bonchev–Trinajstić information content (AvgIpc) is 2.36. The van der Waals surface area contributed by atoms with Gasteiger partial charge in [-0.15, -0.1) is 0 Å². The molecule has 1 atom stereocenters. The fraction of sp³-hybridized carbons (Fsp3) is 0.417. The number of carbonyl (C=O) groups is 1. The number of amides is 1. The minimum Gasteiger partial charge on any atom is -0.396 e. The highest BCUT2D eigenvalue weighted by molar-refractivity contribution is 5.94. The zero-order valence-corrected chi connectivity index (χ0v) is 10.3. The van der Waals surface area contributed by atoms with Gasteiger partial charge in [0.25, 0.3) is 5.91 Å². The van der Waals surface area contributed by atoms with Crippen LogP contribution < -0.4 is 5.32 Å². The first-order chi connectivity index (χ1) is 9.01. The molecule has 0 heterocycles. The molecule has 1 rings (SSSR count). The molecule has 0 aliphatic carbocycles. The first-order valence-corrected chi connectivity index (χ1v) is 5.55. The number of nitrogens with one attached hydrogen (secondary N) is 1. The Kier molecular flexibility index (Phi) is 5.78. The topological polar surface area (TPSA) is 58.6 Å². The third-order valence-electron chi connectivity index (χ3n) is 2.46. The van der Waals surface area contributed by atoms with Crippen molar-refractivity contribution in [2.75, 3.05) is 20.3 Å². The molecule has 0 radical (unpaired) electrons. The van der Waals surface area contributed by atoms with Crippen molar-refractivity contribution in [2.24, 2.45) is 0 Å². The molecule has 0 aliphatic heterocycles.